The van der Waals surface area contributed by atoms with Crippen molar-refractivity contribution >= 4 is 35.7 Å². The lowest BCUT2D eigenvalue weighted by molar-refractivity contribution is -0.350. The summed E-state index contributed by atoms with van der Waals surface area (Å²) in [5.41, 5.74) is 6.72. The summed E-state index contributed by atoms with van der Waals surface area (Å²) < 4.78 is 136. The van der Waals surface area contributed by atoms with Gasteiger partial charge in [-0.15, -0.1) is 10.2 Å². The van der Waals surface area contributed by atoms with Crippen molar-refractivity contribution in [1.29, 1.82) is 0 Å². The van der Waals surface area contributed by atoms with E-state index in [0.29, 0.717) is 11.4 Å². The van der Waals surface area contributed by atoms with Gasteiger partial charge in [0.1, 0.15) is 97.7 Å². The molecule has 4 aliphatic rings. The summed E-state index contributed by atoms with van der Waals surface area (Å²) in [5, 5.41) is 23.8. The topological polar surface area (TPSA) is 372 Å². The third-order valence-corrected chi connectivity index (χ3v) is 24.4. The number of amides is 2. The van der Waals surface area contributed by atoms with E-state index in [0.717, 1.165) is 33.4 Å². The Labute approximate surface area is 834 Å². The molecule has 2 aromatic heterocycles. The van der Waals surface area contributed by atoms with Crippen molar-refractivity contribution < 1.29 is 124 Å². The Bertz CT molecular complexity index is 5550. The predicted molar refractivity (Wildman–Crippen MR) is 517 cm³/mol. The molecule has 0 aliphatic carbocycles. The van der Waals surface area contributed by atoms with Crippen LogP contribution in [0.3, 0.4) is 0 Å². The lowest BCUT2D eigenvalue weighted by Crippen LogP contribution is -2.67. The maximum absolute atomic E-state index is 14.8. The van der Waals surface area contributed by atoms with Gasteiger partial charge in [0.05, 0.1) is 139 Å². The molecule has 16 rings (SSSR count). The van der Waals surface area contributed by atoms with Gasteiger partial charge in [0, 0.05) is 13.8 Å². The molecule has 6 heterocycles. The Kier molecular flexibility index (Phi) is 38.3. The molecular formula is C110H118N8O26. The van der Waals surface area contributed by atoms with Crippen LogP contribution in [-0.4, -0.2) is 229 Å². The molecular weight excluding hydrogens is 1850 g/mol. The quantitative estimate of drug-likeness (QED) is 0.0203. The number of esters is 4. The Morgan fingerprint density at radius 3 is 0.833 bits per heavy atom. The molecule has 0 radical (unpaired) electrons. The molecule has 0 unspecified atom stereocenters. The van der Waals surface area contributed by atoms with Crippen LogP contribution in [0.4, 0.5) is 0 Å². The molecule has 4 saturated heterocycles. The van der Waals surface area contributed by atoms with Crippen LogP contribution in [0.5, 0.6) is 0 Å². The van der Waals surface area contributed by atoms with E-state index < -0.39 is 171 Å². The van der Waals surface area contributed by atoms with Crippen molar-refractivity contribution in [3.63, 3.8) is 0 Å². The molecule has 2 N–H and O–H groups in total. The van der Waals surface area contributed by atoms with Crippen LogP contribution in [0.15, 0.2) is 316 Å². The number of nitrogens with zero attached hydrogens (tertiary/aromatic N) is 6. The van der Waals surface area contributed by atoms with Crippen molar-refractivity contribution in [3.05, 3.63) is 383 Å². The Morgan fingerprint density at radius 2 is 0.549 bits per heavy atom. The normalized spacial score (nSPS) is 24.1. The second kappa shape index (κ2) is 53.3. The fourth-order valence-corrected chi connectivity index (χ4v) is 17.3. The average Bonchev–Trinajstić information content (AvgIpc) is 1.19. The third kappa shape index (κ3) is 29.3. The number of benzene rings is 10. The predicted octanol–water partition coefficient (Wildman–Crippen LogP) is 13.4. The second-order valence-electron chi connectivity index (χ2n) is 34.9. The van der Waals surface area contributed by atoms with Crippen molar-refractivity contribution in [2.75, 3.05) is 52.9 Å². The summed E-state index contributed by atoms with van der Waals surface area (Å²) in [6.45, 7) is 6.85. The van der Waals surface area contributed by atoms with Gasteiger partial charge in [0.25, 0.3) is 0 Å². The Hall–Kier alpha value is -13.3. The maximum atomic E-state index is 14.8. The van der Waals surface area contributed by atoms with Crippen molar-refractivity contribution in [3.8, 4) is 0 Å². The first kappa shape index (κ1) is 104. The second-order valence-corrected chi connectivity index (χ2v) is 34.9. The van der Waals surface area contributed by atoms with Crippen LogP contribution in [-0.2, 0) is 157 Å². The van der Waals surface area contributed by atoms with E-state index in [2.05, 4.69) is 31.3 Å². The number of ether oxygens (including phenoxy) is 20. The first-order valence-electron chi connectivity index (χ1n) is 48.0. The number of nitrogens with one attached hydrogen (secondary N) is 2. The van der Waals surface area contributed by atoms with Gasteiger partial charge in [-0.25, -0.2) is 28.5 Å². The largest absolute Gasteiger partial charge is 0.459 e. The van der Waals surface area contributed by atoms with E-state index in [1.54, 1.807) is 134 Å². The minimum Gasteiger partial charge on any atom is -0.459 e. The molecule has 2 amide bonds. The van der Waals surface area contributed by atoms with E-state index in [1.165, 1.54) is 23.2 Å². The van der Waals surface area contributed by atoms with E-state index >= 15 is 0 Å². The number of aromatic nitrogens is 6. The van der Waals surface area contributed by atoms with Crippen LogP contribution < -0.4 is 10.6 Å². The number of hydrogen-bond acceptors (Lipinski definition) is 30. The van der Waals surface area contributed by atoms with Crippen molar-refractivity contribution in [2.24, 2.45) is 0 Å². The number of carbonyl (C=O) groups is 6. The van der Waals surface area contributed by atoms with Gasteiger partial charge >= 0.3 is 23.9 Å². The van der Waals surface area contributed by atoms with E-state index in [-0.39, 0.29) is 115 Å². The summed E-state index contributed by atoms with van der Waals surface area (Å²) in [6, 6.07) is 88.6. The zero-order chi connectivity index (χ0) is 99.6. The average molecular weight is 1970 g/mol. The third-order valence-electron chi connectivity index (χ3n) is 24.4. The van der Waals surface area contributed by atoms with Gasteiger partial charge < -0.3 is 105 Å². The smallest absolute Gasteiger partial charge is 0.338 e. The molecule has 144 heavy (non-hydrogen) atoms. The summed E-state index contributed by atoms with van der Waals surface area (Å²) in [7, 11) is 0. The van der Waals surface area contributed by atoms with Gasteiger partial charge in [0.15, 0.2) is 37.2 Å². The van der Waals surface area contributed by atoms with Crippen LogP contribution in [0.25, 0.3) is 0 Å². The minimum absolute atomic E-state index is 0.0635. The lowest BCUT2D eigenvalue weighted by atomic mass is 9.94. The summed E-state index contributed by atoms with van der Waals surface area (Å²) in [6.07, 6.45) is -17.7. The fraction of sp³-hybridized carbons (Fsp3) is 0.364. The minimum atomic E-state index is -1.48. The first-order chi connectivity index (χ1) is 70.6. The molecule has 0 bridgehead atoms. The molecule has 0 spiro atoms. The first-order valence-corrected chi connectivity index (χ1v) is 48.0. The van der Waals surface area contributed by atoms with Gasteiger partial charge in [-0.2, -0.15) is 0 Å². The van der Waals surface area contributed by atoms with E-state index in [1.807, 2.05) is 196 Å². The monoisotopic (exact) mass is 1970 g/mol. The Balaban J connectivity index is 0.576. The highest BCUT2D eigenvalue weighted by Crippen LogP contribution is 2.41. The van der Waals surface area contributed by atoms with Crippen LogP contribution in [0.1, 0.15) is 126 Å². The molecule has 20 atom stereocenters. The highest BCUT2D eigenvalue weighted by molar-refractivity contribution is 5.91. The van der Waals surface area contributed by atoms with Gasteiger partial charge in [0.2, 0.25) is 11.8 Å². The zero-order valence-corrected chi connectivity index (χ0v) is 80.2. The van der Waals surface area contributed by atoms with Crippen LogP contribution >= 0.6 is 0 Å². The van der Waals surface area contributed by atoms with Crippen LogP contribution in [0, 0.1) is 0 Å². The number of carbonyl (C=O) groups excluding carboxylic acids is 6. The van der Waals surface area contributed by atoms with Crippen molar-refractivity contribution in [1.82, 2.24) is 40.6 Å². The van der Waals surface area contributed by atoms with Crippen molar-refractivity contribution in [2.45, 2.75) is 203 Å². The van der Waals surface area contributed by atoms with E-state index in [9.17, 15) is 28.8 Å². The highest BCUT2D eigenvalue weighted by Gasteiger charge is 2.58. The molecule has 0 saturated carbocycles. The highest BCUT2D eigenvalue weighted by atomic mass is 16.8. The zero-order valence-electron chi connectivity index (χ0n) is 80.2. The molecule has 754 valence electrons. The molecule has 34 heteroatoms. The maximum Gasteiger partial charge on any atom is 0.338 e. The molecule has 4 aliphatic heterocycles. The molecule has 4 fully saturated rings. The standard InChI is InChI=1S/C110H118N8O26/c1-73-93(129-63-77-35-15-5-16-36-77)99(131-65-79-39-19-7-20-40-79)101(133-67-81-43-23-9-24-44-81)109(137-73)143-95-89(71-135-105(121)83-47-27-11-28-48-83)139-103(91(111-75(3)119)97(95)141-107(123)85-51-31-13-32-52-85)117-61-87(113-115-117)69-127-59-57-125-55-56-126-58-60-128-70-88-62-118(116-114-88)104-92(112-76(4)120)98(142-108(124)86-53-33-14-34-54-86)96(90(140-104)72-136-106(122)84-49-29-12-30-50-84)144-110-102(134-68-82-45-25-10-26-46-82)100(132-66-80-41-21-8-22-42-80)94(74(2)138-110)130-64-78-37-17-6-18-38-78/h5-54,61-62,73-74,89-104,109-110H,55-60,63-72H2,1-4H3,(H,111,119)(H,112,120)/t73-,74-,89+,90+,91+,92+,93+,94+,95+,96+,97+,98+,99+,100+,101-,102-,103+,104+,109-,110-/m0/s1. The van der Waals surface area contributed by atoms with E-state index in [4.69, 9.17) is 94.7 Å². The fourth-order valence-electron chi connectivity index (χ4n) is 17.3. The van der Waals surface area contributed by atoms with Crippen LogP contribution in [0.2, 0.25) is 0 Å². The SMILES string of the molecule is CC(=O)N[C@@H]1[C@@H](OC(=O)c2ccccc2)[C@H](O[C@@H]2O[C@@H](C)[C@@H](OCc3ccccc3)[C@@H](OCc3ccccc3)[C@@H]2OCc2ccccc2)[C@@H](COC(=O)c2ccccc2)O[C@H]1n1cc(COCCOCCOCCOCc2cn([C@@H]3O[C@H](COC(=O)c4ccccc4)[C@@H](O[C@@H]4O[C@@H](C)[C@@H](OCc5ccccc5)[C@@H](OCc5ccccc5)[C@@H]4OCc4ccccc4)[C@H](OC(=O)c4ccccc4)[C@H]3NC(C)=O)nn2)nn1. The number of rotatable bonds is 49. The van der Waals surface area contributed by atoms with Gasteiger partial charge in [-0.05, 0) is 95.8 Å². The Morgan fingerprint density at radius 1 is 0.292 bits per heavy atom. The summed E-state index contributed by atoms with van der Waals surface area (Å²) >= 11 is 0. The summed E-state index contributed by atoms with van der Waals surface area (Å²) in [5.74, 6) is -4.05. The molecule has 10 aromatic carbocycles. The number of hydrogen-bond donors (Lipinski definition) is 2. The lowest BCUT2D eigenvalue weighted by Gasteiger charge is -2.49. The summed E-state index contributed by atoms with van der Waals surface area (Å²) in [4.78, 5) is 85.3. The molecule has 12 aromatic rings. The molecule has 34 nitrogen and oxygen atoms in total. The van der Waals surface area contributed by atoms with Gasteiger partial charge in [-0.1, -0.05) is 265 Å². The van der Waals surface area contributed by atoms with Gasteiger partial charge in [-0.3, -0.25) is 9.59 Å².